The van der Waals surface area contributed by atoms with Crippen molar-refractivity contribution in [2.75, 3.05) is 12.4 Å². The third-order valence-corrected chi connectivity index (χ3v) is 3.43. The molecule has 2 N–H and O–H groups in total. The molecule has 132 valence electrons. The number of methoxy groups -OCH3 is 1. The summed E-state index contributed by atoms with van der Waals surface area (Å²) in [6.07, 6.45) is 0. The summed E-state index contributed by atoms with van der Waals surface area (Å²) in [5.41, 5.74) is -1.22. The summed E-state index contributed by atoms with van der Waals surface area (Å²) in [7, 11) is 1.53. The van der Waals surface area contributed by atoms with Crippen molar-refractivity contribution in [3.8, 4) is 11.5 Å². The molecule has 0 radical (unpaired) electrons. The number of halogens is 1. The first kappa shape index (κ1) is 18.3. The number of anilines is 1. The van der Waals surface area contributed by atoms with E-state index in [1.165, 1.54) is 27.0 Å². The van der Waals surface area contributed by atoms with E-state index in [-0.39, 0.29) is 11.3 Å². The van der Waals surface area contributed by atoms with Gasteiger partial charge in [-0.25, -0.2) is 9.18 Å². The number of benzene rings is 2. The van der Waals surface area contributed by atoms with Gasteiger partial charge in [-0.3, -0.25) is 4.79 Å². The first-order valence-corrected chi connectivity index (χ1v) is 7.40. The second-order valence-corrected chi connectivity index (χ2v) is 5.74. The highest BCUT2D eigenvalue weighted by molar-refractivity contribution is 5.97. The van der Waals surface area contributed by atoms with Crippen molar-refractivity contribution in [1.29, 1.82) is 0 Å². The van der Waals surface area contributed by atoms with Crippen LogP contribution < -0.4 is 14.8 Å². The van der Waals surface area contributed by atoms with Gasteiger partial charge in [-0.2, -0.15) is 0 Å². The van der Waals surface area contributed by atoms with Crippen LogP contribution in [0.1, 0.15) is 24.2 Å². The van der Waals surface area contributed by atoms with Crippen LogP contribution in [-0.2, 0) is 4.79 Å². The summed E-state index contributed by atoms with van der Waals surface area (Å²) < 4.78 is 23.8. The SMILES string of the molecule is COc1ccc(NC(=O)C(C)(C)Oc2ccc(F)cc2C(=O)O)cc1. The molecule has 1 amide bonds. The van der Waals surface area contributed by atoms with E-state index < -0.39 is 23.3 Å². The van der Waals surface area contributed by atoms with E-state index in [1.807, 2.05) is 0 Å². The van der Waals surface area contributed by atoms with Gasteiger partial charge in [0.25, 0.3) is 5.91 Å². The summed E-state index contributed by atoms with van der Waals surface area (Å²) in [5, 5.41) is 11.8. The Bertz CT molecular complexity index is 787. The molecule has 0 atom stereocenters. The first-order valence-electron chi connectivity index (χ1n) is 7.40. The van der Waals surface area contributed by atoms with E-state index in [1.54, 1.807) is 24.3 Å². The topological polar surface area (TPSA) is 84.9 Å². The Morgan fingerprint density at radius 1 is 1.12 bits per heavy atom. The van der Waals surface area contributed by atoms with Crippen LogP contribution in [0.5, 0.6) is 11.5 Å². The minimum absolute atomic E-state index is 0.0937. The quantitative estimate of drug-likeness (QED) is 0.837. The summed E-state index contributed by atoms with van der Waals surface area (Å²) in [4.78, 5) is 23.7. The van der Waals surface area contributed by atoms with Crippen molar-refractivity contribution in [1.82, 2.24) is 0 Å². The Labute approximate surface area is 144 Å². The second kappa shape index (κ2) is 7.21. The van der Waals surface area contributed by atoms with E-state index in [0.717, 1.165) is 12.1 Å². The summed E-state index contributed by atoms with van der Waals surface area (Å²) in [6, 6.07) is 9.79. The molecule has 7 heteroatoms. The molecule has 0 unspecified atom stereocenters. The van der Waals surface area contributed by atoms with Crippen molar-refractivity contribution < 1.29 is 28.6 Å². The molecule has 0 spiro atoms. The zero-order valence-corrected chi connectivity index (χ0v) is 14.0. The standard InChI is InChI=1S/C18H18FNO5/c1-18(2,17(23)20-12-5-7-13(24-3)8-6-12)25-15-9-4-11(19)10-14(15)16(21)22/h4-10H,1-3H3,(H,20,23)(H,21,22). The number of hydrogen-bond donors (Lipinski definition) is 2. The van der Waals surface area contributed by atoms with Crippen LogP contribution in [0, 0.1) is 5.82 Å². The molecule has 6 nitrogen and oxygen atoms in total. The van der Waals surface area contributed by atoms with Crippen LogP contribution >= 0.6 is 0 Å². The van der Waals surface area contributed by atoms with Gasteiger partial charge in [0, 0.05) is 5.69 Å². The highest BCUT2D eigenvalue weighted by atomic mass is 19.1. The predicted molar refractivity (Wildman–Crippen MR) is 89.7 cm³/mol. The Balaban J connectivity index is 2.17. The number of nitrogens with one attached hydrogen (secondary N) is 1. The third-order valence-electron chi connectivity index (χ3n) is 3.43. The number of amides is 1. The zero-order chi connectivity index (χ0) is 18.6. The highest BCUT2D eigenvalue weighted by Crippen LogP contribution is 2.25. The van der Waals surface area contributed by atoms with Gasteiger partial charge in [0.05, 0.1) is 7.11 Å². The minimum atomic E-state index is -1.39. The average molecular weight is 347 g/mol. The molecule has 0 heterocycles. The fraction of sp³-hybridized carbons (Fsp3) is 0.222. The lowest BCUT2D eigenvalue weighted by Crippen LogP contribution is -2.42. The Kier molecular flexibility index (Phi) is 5.26. The van der Waals surface area contributed by atoms with E-state index in [9.17, 15) is 14.0 Å². The predicted octanol–water partition coefficient (Wildman–Crippen LogP) is 3.33. The number of carboxylic acid groups (broad SMARTS) is 1. The van der Waals surface area contributed by atoms with E-state index in [2.05, 4.69) is 5.32 Å². The lowest BCUT2D eigenvalue weighted by Gasteiger charge is -2.26. The van der Waals surface area contributed by atoms with Crippen molar-refractivity contribution in [3.63, 3.8) is 0 Å². The Morgan fingerprint density at radius 2 is 1.76 bits per heavy atom. The van der Waals surface area contributed by atoms with E-state index in [0.29, 0.717) is 11.4 Å². The first-order chi connectivity index (χ1) is 11.7. The molecule has 2 aromatic rings. The third kappa shape index (κ3) is 4.47. The maximum Gasteiger partial charge on any atom is 0.339 e. The van der Waals surface area contributed by atoms with Gasteiger partial charge in [-0.05, 0) is 56.3 Å². The van der Waals surface area contributed by atoms with Gasteiger partial charge in [0.1, 0.15) is 22.9 Å². The van der Waals surface area contributed by atoms with Gasteiger partial charge in [0.2, 0.25) is 0 Å². The van der Waals surface area contributed by atoms with Crippen LogP contribution in [0.4, 0.5) is 10.1 Å². The maximum atomic E-state index is 13.2. The smallest absolute Gasteiger partial charge is 0.339 e. The number of carbonyl (C=O) groups is 2. The summed E-state index contributed by atoms with van der Waals surface area (Å²) in [5.74, 6) is -1.99. The van der Waals surface area contributed by atoms with Crippen LogP contribution in [0.15, 0.2) is 42.5 Å². The van der Waals surface area contributed by atoms with Gasteiger partial charge < -0.3 is 19.9 Å². The fourth-order valence-electron chi connectivity index (χ4n) is 2.04. The Hall–Kier alpha value is -3.09. The highest BCUT2D eigenvalue weighted by Gasteiger charge is 2.31. The van der Waals surface area contributed by atoms with E-state index >= 15 is 0 Å². The number of ether oxygens (including phenoxy) is 2. The van der Waals surface area contributed by atoms with Crippen molar-refractivity contribution in [2.24, 2.45) is 0 Å². The normalized spacial score (nSPS) is 10.9. The summed E-state index contributed by atoms with van der Waals surface area (Å²) in [6.45, 7) is 2.97. The van der Waals surface area contributed by atoms with Gasteiger partial charge in [0.15, 0.2) is 5.60 Å². The molecule has 0 saturated heterocycles. The lowest BCUT2D eigenvalue weighted by atomic mass is 10.1. The number of hydrogen-bond acceptors (Lipinski definition) is 4. The molecule has 2 aromatic carbocycles. The minimum Gasteiger partial charge on any atom is -0.497 e. The number of rotatable bonds is 6. The van der Waals surface area contributed by atoms with Gasteiger partial charge in [-0.15, -0.1) is 0 Å². The van der Waals surface area contributed by atoms with Gasteiger partial charge >= 0.3 is 5.97 Å². The van der Waals surface area contributed by atoms with Crippen molar-refractivity contribution >= 4 is 17.6 Å². The lowest BCUT2D eigenvalue weighted by molar-refractivity contribution is -0.128. The van der Waals surface area contributed by atoms with Crippen molar-refractivity contribution in [2.45, 2.75) is 19.4 Å². The van der Waals surface area contributed by atoms with Crippen LogP contribution in [0.3, 0.4) is 0 Å². The monoisotopic (exact) mass is 347 g/mol. The van der Waals surface area contributed by atoms with Crippen LogP contribution in [-0.4, -0.2) is 29.7 Å². The van der Waals surface area contributed by atoms with Gasteiger partial charge in [-0.1, -0.05) is 0 Å². The molecule has 0 fully saturated rings. The molecule has 0 aromatic heterocycles. The number of carboxylic acids is 1. The van der Waals surface area contributed by atoms with Crippen LogP contribution in [0.25, 0.3) is 0 Å². The average Bonchev–Trinajstić information content (AvgIpc) is 2.56. The molecule has 0 aliphatic carbocycles. The molecule has 0 aliphatic rings. The molecular formula is C18H18FNO5. The molecule has 0 bridgehead atoms. The number of aromatic carboxylic acids is 1. The van der Waals surface area contributed by atoms with Crippen molar-refractivity contribution in [3.05, 3.63) is 53.8 Å². The summed E-state index contributed by atoms with van der Waals surface area (Å²) >= 11 is 0. The van der Waals surface area contributed by atoms with Crippen LogP contribution in [0.2, 0.25) is 0 Å². The maximum absolute atomic E-state index is 13.2. The second-order valence-electron chi connectivity index (χ2n) is 5.74. The molecular weight excluding hydrogens is 329 g/mol. The largest absolute Gasteiger partial charge is 0.497 e. The molecule has 0 saturated carbocycles. The Morgan fingerprint density at radius 3 is 2.32 bits per heavy atom. The fourth-order valence-corrected chi connectivity index (χ4v) is 2.04. The molecule has 2 rings (SSSR count). The molecule has 0 aliphatic heterocycles. The molecule has 25 heavy (non-hydrogen) atoms. The number of carbonyl (C=O) groups excluding carboxylic acids is 1. The van der Waals surface area contributed by atoms with E-state index in [4.69, 9.17) is 14.6 Å². The zero-order valence-electron chi connectivity index (χ0n) is 14.0.